The highest BCUT2D eigenvalue weighted by atomic mass is 35.5. The molecule has 2 heterocycles. The molecule has 2 saturated heterocycles. The molecule has 0 radical (unpaired) electrons. The van der Waals surface area contributed by atoms with E-state index in [1.807, 2.05) is 77.9 Å². The number of halogens is 3. The van der Waals surface area contributed by atoms with Crippen LogP contribution in [0.4, 0.5) is 21.0 Å². The quantitative estimate of drug-likeness (QED) is 0.146. The molecule has 2 aromatic carbocycles. The SMILES string of the molecule is C.CC(C)(C)OC(=O)N1CCC(c2cccc(N)c2)CC1.CC(C)(C)OC(=O)N1CCC(c2cccc(NC(=O)CCCCl)c2)CC1.O=C(Cl)CCCCl. The monoisotopic (exact) mass is 812 g/mol. The van der Waals surface area contributed by atoms with Crippen LogP contribution in [-0.2, 0) is 19.1 Å². The van der Waals surface area contributed by atoms with Gasteiger partial charge in [-0.15, -0.1) is 23.2 Å². The van der Waals surface area contributed by atoms with Crippen molar-refractivity contribution in [2.24, 2.45) is 0 Å². The zero-order valence-electron chi connectivity index (χ0n) is 32.2. The summed E-state index contributed by atoms with van der Waals surface area (Å²) in [4.78, 5) is 49.5. The summed E-state index contributed by atoms with van der Waals surface area (Å²) in [6.07, 6.45) is 5.45. The molecule has 0 saturated carbocycles. The fourth-order valence-corrected chi connectivity index (χ4v) is 6.18. The summed E-state index contributed by atoms with van der Waals surface area (Å²) in [5.74, 6) is 1.86. The summed E-state index contributed by atoms with van der Waals surface area (Å²) in [6.45, 7) is 14.2. The van der Waals surface area contributed by atoms with Crippen LogP contribution in [0.15, 0.2) is 48.5 Å². The Labute approximate surface area is 338 Å². The van der Waals surface area contributed by atoms with E-state index in [1.54, 1.807) is 9.80 Å². The molecule has 4 rings (SSSR count). The van der Waals surface area contributed by atoms with Crippen molar-refractivity contribution in [1.82, 2.24) is 9.80 Å². The molecule has 2 aliphatic heterocycles. The molecule has 3 amide bonds. The largest absolute Gasteiger partial charge is 0.444 e. The average molecular weight is 814 g/mol. The summed E-state index contributed by atoms with van der Waals surface area (Å²) in [5.41, 5.74) is 9.02. The zero-order chi connectivity index (χ0) is 39.6. The second-order valence-electron chi connectivity index (χ2n) is 15.3. The van der Waals surface area contributed by atoms with E-state index in [-0.39, 0.29) is 30.8 Å². The number of hydrogen-bond donors (Lipinski definition) is 2. The van der Waals surface area contributed by atoms with E-state index in [4.69, 9.17) is 50.0 Å². The fraction of sp³-hybridized carbons (Fsp3) is 0.610. The summed E-state index contributed by atoms with van der Waals surface area (Å²) in [5, 5.41) is 2.62. The Kier molecular flexibility index (Phi) is 22.0. The Bertz CT molecular complexity index is 1450. The predicted octanol–water partition coefficient (Wildman–Crippen LogP) is 10.5. The second kappa shape index (κ2) is 24.3. The average Bonchev–Trinajstić information content (AvgIpc) is 3.09. The minimum atomic E-state index is -0.468. The first-order valence-corrected chi connectivity index (χ1v) is 19.9. The van der Waals surface area contributed by atoms with Gasteiger partial charge >= 0.3 is 12.2 Å². The van der Waals surface area contributed by atoms with Crippen molar-refractivity contribution in [3.05, 3.63) is 59.7 Å². The lowest BCUT2D eigenvalue weighted by molar-refractivity contribution is -0.116. The highest BCUT2D eigenvalue weighted by Crippen LogP contribution is 2.31. The number of piperidine rings is 2. The van der Waals surface area contributed by atoms with E-state index < -0.39 is 11.2 Å². The molecule has 2 aliphatic rings. The molecule has 0 atom stereocenters. The first-order chi connectivity index (χ1) is 24.9. The number of rotatable bonds is 9. The number of nitrogen functional groups attached to an aromatic ring is 1. The Balaban J connectivity index is 0.000000462. The van der Waals surface area contributed by atoms with Crippen molar-refractivity contribution in [3.8, 4) is 0 Å². The zero-order valence-corrected chi connectivity index (χ0v) is 34.5. The lowest BCUT2D eigenvalue weighted by atomic mass is 9.89. The van der Waals surface area contributed by atoms with Crippen LogP contribution >= 0.6 is 34.8 Å². The van der Waals surface area contributed by atoms with Crippen LogP contribution in [0.5, 0.6) is 0 Å². The van der Waals surface area contributed by atoms with E-state index in [0.717, 1.165) is 50.1 Å². The molecule has 54 heavy (non-hydrogen) atoms. The Morgan fingerprint density at radius 1 is 0.722 bits per heavy atom. The number of ether oxygens (including phenoxy) is 2. The van der Waals surface area contributed by atoms with Gasteiger partial charge < -0.3 is 30.3 Å². The molecule has 10 nitrogen and oxygen atoms in total. The number of nitrogens with one attached hydrogen (secondary N) is 1. The summed E-state index contributed by atoms with van der Waals surface area (Å²) >= 11 is 15.8. The van der Waals surface area contributed by atoms with Gasteiger partial charge in [-0.2, -0.15) is 0 Å². The Morgan fingerprint density at radius 2 is 1.15 bits per heavy atom. The number of likely N-dealkylation sites (tertiary alicyclic amines) is 2. The van der Waals surface area contributed by atoms with Crippen molar-refractivity contribution < 1.29 is 28.7 Å². The van der Waals surface area contributed by atoms with Crippen LogP contribution in [0.1, 0.15) is 123 Å². The van der Waals surface area contributed by atoms with Crippen LogP contribution in [0.2, 0.25) is 0 Å². The molecular weight excluding hydrogens is 751 g/mol. The van der Waals surface area contributed by atoms with E-state index in [2.05, 4.69) is 17.4 Å². The highest BCUT2D eigenvalue weighted by molar-refractivity contribution is 6.63. The van der Waals surface area contributed by atoms with Crippen LogP contribution in [-0.4, -0.2) is 82.3 Å². The molecule has 0 unspecified atom stereocenters. The standard InChI is InChI=1S/C20H29ClN2O3.C16H24N2O2.C4H6Cl2O.CH4/c1-20(2,3)26-19(25)23-12-9-15(10-13-23)16-6-4-7-17(14-16)22-18(24)8-5-11-21;1-16(2,3)20-15(19)18-9-7-12(8-10-18)13-5-4-6-14(17)11-13;5-3-1-2-4(6)7;/h4,6-7,14-15H,5,8-13H2,1-3H3,(H,22,24);4-6,11-12H,7-10,17H2,1-3H3;1-3H2;1H4. The first kappa shape index (κ1) is 48.8. The lowest BCUT2D eigenvalue weighted by Gasteiger charge is -2.33. The fourth-order valence-electron chi connectivity index (χ4n) is 5.78. The van der Waals surface area contributed by atoms with Gasteiger partial charge in [0.25, 0.3) is 0 Å². The molecule has 13 heteroatoms. The number of anilines is 2. The minimum absolute atomic E-state index is 0. The number of carbonyl (C=O) groups is 4. The van der Waals surface area contributed by atoms with E-state index in [9.17, 15) is 19.2 Å². The number of carbonyl (C=O) groups excluding carboxylic acids is 4. The van der Waals surface area contributed by atoms with E-state index in [1.165, 1.54) is 11.1 Å². The number of amides is 3. The number of nitrogens with zero attached hydrogens (tertiary/aromatic N) is 2. The van der Waals surface area contributed by atoms with Crippen LogP contribution in [0, 0.1) is 0 Å². The van der Waals surface area contributed by atoms with E-state index >= 15 is 0 Å². The van der Waals surface area contributed by atoms with Gasteiger partial charge in [-0.05, 0) is 139 Å². The second-order valence-corrected chi connectivity index (χ2v) is 16.4. The van der Waals surface area contributed by atoms with Crippen molar-refractivity contribution in [1.29, 1.82) is 0 Å². The van der Waals surface area contributed by atoms with Crippen molar-refractivity contribution in [2.75, 3.05) is 49.0 Å². The van der Waals surface area contributed by atoms with Crippen LogP contribution in [0.25, 0.3) is 0 Å². The van der Waals surface area contributed by atoms with Gasteiger partial charge in [0.15, 0.2) is 0 Å². The summed E-state index contributed by atoms with van der Waals surface area (Å²) in [6, 6.07) is 16.0. The smallest absolute Gasteiger partial charge is 0.410 e. The number of benzene rings is 2. The third-order valence-electron chi connectivity index (χ3n) is 8.36. The van der Waals surface area contributed by atoms with Crippen LogP contribution in [0.3, 0.4) is 0 Å². The third kappa shape index (κ3) is 19.9. The van der Waals surface area contributed by atoms with Gasteiger partial charge in [0, 0.05) is 62.2 Å². The maximum absolute atomic E-state index is 12.2. The lowest BCUT2D eigenvalue weighted by Crippen LogP contribution is -2.41. The van der Waals surface area contributed by atoms with Gasteiger partial charge in [-0.25, -0.2) is 9.59 Å². The molecule has 0 aliphatic carbocycles. The summed E-state index contributed by atoms with van der Waals surface area (Å²) in [7, 11) is 0. The molecular formula is C41H63Cl3N4O6. The minimum Gasteiger partial charge on any atom is -0.444 e. The van der Waals surface area contributed by atoms with Gasteiger partial charge in [-0.3, -0.25) is 9.59 Å². The Hall–Kier alpha value is -3.21. The molecule has 304 valence electrons. The van der Waals surface area contributed by atoms with Gasteiger partial charge in [0.1, 0.15) is 11.2 Å². The van der Waals surface area contributed by atoms with E-state index in [0.29, 0.717) is 62.4 Å². The first-order valence-electron chi connectivity index (χ1n) is 18.4. The molecule has 0 aromatic heterocycles. The molecule has 0 spiro atoms. The Morgan fingerprint density at radius 3 is 1.54 bits per heavy atom. The van der Waals surface area contributed by atoms with Crippen LogP contribution < -0.4 is 11.1 Å². The van der Waals surface area contributed by atoms with Crippen molar-refractivity contribution in [2.45, 2.75) is 123 Å². The third-order valence-corrected chi connectivity index (χ3v) is 9.09. The van der Waals surface area contributed by atoms with Crippen molar-refractivity contribution >= 4 is 69.5 Å². The number of alkyl halides is 2. The maximum Gasteiger partial charge on any atom is 0.410 e. The summed E-state index contributed by atoms with van der Waals surface area (Å²) < 4.78 is 10.8. The van der Waals surface area contributed by atoms with Gasteiger partial charge in [-0.1, -0.05) is 31.7 Å². The molecule has 2 aromatic rings. The highest BCUT2D eigenvalue weighted by Gasteiger charge is 2.29. The predicted molar refractivity (Wildman–Crippen MR) is 223 cm³/mol. The molecule has 2 fully saturated rings. The normalized spacial score (nSPS) is 15.0. The van der Waals surface area contributed by atoms with Gasteiger partial charge in [0.05, 0.1) is 0 Å². The molecule has 0 bridgehead atoms. The number of nitrogens with two attached hydrogens (primary N) is 1. The topological polar surface area (TPSA) is 131 Å². The maximum atomic E-state index is 12.2. The number of hydrogen-bond acceptors (Lipinski definition) is 7. The van der Waals surface area contributed by atoms with Crippen molar-refractivity contribution in [3.63, 3.8) is 0 Å². The molecule has 3 N–H and O–H groups in total. The van der Waals surface area contributed by atoms with Gasteiger partial charge in [0.2, 0.25) is 11.1 Å².